The van der Waals surface area contributed by atoms with Crippen LogP contribution < -0.4 is 4.74 Å². The second kappa shape index (κ2) is 6.57. The van der Waals surface area contributed by atoms with Crippen molar-refractivity contribution in [3.8, 4) is 5.75 Å². The van der Waals surface area contributed by atoms with Gasteiger partial charge in [-0.05, 0) is 38.1 Å². The maximum absolute atomic E-state index is 12.5. The number of likely N-dealkylation sites (tertiary alicyclic amines) is 1. The summed E-state index contributed by atoms with van der Waals surface area (Å²) in [5, 5.41) is 4.50. The van der Waals surface area contributed by atoms with Gasteiger partial charge >= 0.3 is 0 Å². The second-order valence-corrected chi connectivity index (χ2v) is 8.39. The first-order valence-electron chi connectivity index (χ1n) is 8.01. The van der Waals surface area contributed by atoms with E-state index in [1.165, 1.54) is 7.11 Å². The first-order valence-corrected chi connectivity index (χ1v) is 9.66. The number of hydrogen-bond acceptors (Lipinski definition) is 5. The number of aryl methyl sites for hydroxylation is 2. The number of methoxy groups -OCH3 is 1. The third-order valence-electron chi connectivity index (χ3n) is 4.40. The van der Waals surface area contributed by atoms with Crippen LogP contribution >= 0.6 is 0 Å². The first-order chi connectivity index (χ1) is 11.4. The average molecular weight is 349 g/mol. The van der Waals surface area contributed by atoms with Gasteiger partial charge in [0.25, 0.3) is 0 Å². The quantitative estimate of drug-likeness (QED) is 0.796. The predicted octanol–water partition coefficient (Wildman–Crippen LogP) is 1.84. The summed E-state index contributed by atoms with van der Waals surface area (Å²) in [7, 11) is -1.76. The summed E-state index contributed by atoms with van der Waals surface area (Å²) in [5.74, 6) is 0.675. The Balaban J connectivity index is 1.56. The molecular weight excluding hydrogens is 326 g/mol. The molecule has 2 aromatic rings. The van der Waals surface area contributed by atoms with Gasteiger partial charge in [-0.15, -0.1) is 0 Å². The topological polar surface area (TPSA) is 64.4 Å². The minimum absolute atomic E-state index is 0.115. The smallest absolute Gasteiger partial charge is 0.179 e. The molecule has 7 heteroatoms. The minimum Gasteiger partial charge on any atom is -0.497 e. The van der Waals surface area contributed by atoms with E-state index in [9.17, 15) is 8.42 Å². The second-order valence-electron chi connectivity index (χ2n) is 6.28. The fraction of sp³-hybridized carbons (Fsp3) is 0.471. The summed E-state index contributed by atoms with van der Waals surface area (Å²) in [6, 6.07) is 9.05. The molecule has 1 aromatic heterocycles. The molecule has 1 saturated heterocycles. The van der Waals surface area contributed by atoms with Crippen molar-refractivity contribution >= 4 is 9.84 Å². The van der Waals surface area contributed by atoms with Crippen molar-refractivity contribution in [1.82, 2.24) is 14.7 Å². The average Bonchev–Trinajstić information content (AvgIpc) is 2.84. The molecule has 2 heterocycles. The van der Waals surface area contributed by atoms with Crippen molar-refractivity contribution in [2.45, 2.75) is 24.8 Å². The largest absolute Gasteiger partial charge is 0.497 e. The van der Waals surface area contributed by atoms with Crippen LogP contribution in [0, 0.1) is 13.8 Å². The fourth-order valence-electron chi connectivity index (χ4n) is 3.06. The van der Waals surface area contributed by atoms with Crippen LogP contribution in [0.5, 0.6) is 5.75 Å². The van der Waals surface area contributed by atoms with Crippen LogP contribution in [0.3, 0.4) is 0 Å². The number of ether oxygens (including phenoxy) is 1. The fourth-order valence-corrected chi connectivity index (χ4v) is 4.37. The van der Waals surface area contributed by atoms with Gasteiger partial charge < -0.3 is 4.74 Å². The zero-order valence-corrected chi connectivity index (χ0v) is 15.1. The van der Waals surface area contributed by atoms with Crippen LogP contribution in [-0.2, 0) is 9.84 Å². The van der Waals surface area contributed by atoms with E-state index in [1.54, 1.807) is 24.3 Å². The molecule has 0 atom stereocenters. The third kappa shape index (κ3) is 3.47. The van der Waals surface area contributed by atoms with Crippen molar-refractivity contribution in [1.29, 1.82) is 0 Å². The molecule has 6 nitrogen and oxygen atoms in total. The number of sulfone groups is 1. The van der Waals surface area contributed by atoms with E-state index in [-0.39, 0.29) is 5.75 Å². The molecule has 0 unspecified atom stereocenters. The third-order valence-corrected chi connectivity index (χ3v) is 6.10. The Hall–Kier alpha value is -1.86. The van der Waals surface area contributed by atoms with E-state index >= 15 is 0 Å². The summed E-state index contributed by atoms with van der Waals surface area (Å²) in [6.07, 6.45) is 0. The van der Waals surface area contributed by atoms with E-state index in [0.717, 1.165) is 24.5 Å². The Bertz CT molecular complexity index is 823. The van der Waals surface area contributed by atoms with Gasteiger partial charge in [-0.2, -0.15) is 5.10 Å². The molecule has 1 fully saturated rings. The van der Waals surface area contributed by atoms with Crippen molar-refractivity contribution in [3.05, 3.63) is 41.7 Å². The Labute approximate surface area is 143 Å². The molecule has 0 spiro atoms. The van der Waals surface area contributed by atoms with Crippen molar-refractivity contribution in [2.75, 3.05) is 32.5 Å². The van der Waals surface area contributed by atoms with Gasteiger partial charge in [0.15, 0.2) is 9.84 Å². The predicted molar refractivity (Wildman–Crippen MR) is 92.2 cm³/mol. The molecule has 1 aliphatic heterocycles. The lowest BCUT2D eigenvalue weighted by Gasteiger charge is -2.39. The summed E-state index contributed by atoms with van der Waals surface area (Å²) < 4.78 is 32.1. The summed E-state index contributed by atoms with van der Waals surface area (Å²) in [6.45, 7) is 6.26. The minimum atomic E-state index is -3.29. The van der Waals surface area contributed by atoms with Crippen LogP contribution in [0.4, 0.5) is 0 Å². The lowest BCUT2D eigenvalue weighted by Crippen LogP contribution is -2.49. The molecule has 0 radical (unpaired) electrons. The summed E-state index contributed by atoms with van der Waals surface area (Å²) in [4.78, 5) is 2.47. The number of benzene rings is 1. The molecular formula is C17H23N3O3S. The van der Waals surface area contributed by atoms with Crippen LogP contribution in [0.15, 0.2) is 35.2 Å². The van der Waals surface area contributed by atoms with Gasteiger partial charge in [0.1, 0.15) is 5.75 Å². The zero-order chi connectivity index (χ0) is 17.3. The molecule has 0 amide bonds. The van der Waals surface area contributed by atoms with Crippen molar-refractivity contribution < 1.29 is 13.2 Å². The maximum atomic E-state index is 12.5. The van der Waals surface area contributed by atoms with Crippen LogP contribution in [0.25, 0.3) is 0 Å². The number of rotatable bonds is 6. The van der Waals surface area contributed by atoms with E-state index in [4.69, 9.17) is 4.74 Å². The number of hydrogen-bond donors (Lipinski definition) is 0. The molecule has 0 saturated carbocycles. The molecule has 0 aliphatic carbocycles. The van der Waals surface area contributed by atoms with Crippen molar-refractivity contribution in [3.63, 3.8) is 0 Å². The van der Waals surface area contributed by atoms with Crippen LogP contribution in [0.2, 0.25) is 0 Å². The Kier molecular flexibility index (Phi) is 4.64. The standard InChI is InChI=1S/C17H23N3O3S/c1-13-9-14(2)20(18-13)15-11-19(12-15)7-8-24(21,22)17-6-4-5-16(10-17)23-3/h4-6,9-10,15H,7-8,11-12H2,1-3H3. The van der Waals surface area contributed by atoms with Gasteiger partial charge in [0.05, 0.1) is 29.5 Å². The zero-order valence-electron chi connectivity index (χ0n) is 14.3. The molecule has 0 N–H and O–H groups in total. The first kappa shape index (κ1) is 17.0. The highest BCUT2D eigenvalue weighted by molar-refractivity contribution is 7.91. The van der Waals surface area contributed by atoms with Gasteiger partial charge in [-0.25, -0.2) is 8.42 Å². The monoisotopic (exact) mass is 349 g/mol. The van der Waals surface area contributed by atoms with Gasteiger partial charge in [0, 0.05) is 25.3 Å². The highest BCUT2D eigenvalue weighted by Crippen LogP contribution is 2.23. The molecule has 130 valence electrons. The van der Waals surface area contributed by atoms with E-state index < -0.39 is 9.84 Å². The summed E-state index contributed by atoms with van der Waals surface area (Å²) >= 11 is 0. The lowest BCUT2D eigenvalue weighted by molar-refractivity contribution is 0.104. The van der Waals surface area contributed by atoms with Crippen LogP contribution in [0.1, 0.15) is 17.4 Å². The normalized spacial score (nSPS) is 16.1. The van der Waals surface area contributed by atoms with E-state index in [0.29, 0.717) is 23.2 Å². The Morgan fingerprint density at radius 1 is 1.25 bits per heavy atom. The highest BCUT2D eigenvalue weighted by Gasteiger charge is 2.30. The number of aromatic nitrogens is 2. The van der Waals surface area contributed by atoms with Crippen LogP contribution in [-0.4, -0.2) is 55.6 Å². The lowest BCUT2D eigenvalue weighted by atomic mass is 10.1. The molecule has 24 heavy (non-hydrogen) atoms. The van der Waals surface area contributed by atoms with E-state index in [1.807, 2.05) is 11.6 Å². The molecule has 0 bridgehead atoms. The molecule has 1 aromatic carbocycles. The Morgan fingerprint density at radius 3 is 2.62 bits per heavy atom. The summed E-state index contributed by atoms with van der Waals surface area (Å²) in [5.41, 5.74) is 2.17. The maximum Gasteiger partial charge on any atom is 0.179 e. The van der Waals surface area contributed by atoms with Gasteiger partial charge in [0.2, 0.25) is 0 Å². The highest BCUT2D eigenvalue weighted by atomic mass is 32.2. The van der Waals surface area contributed by atoms with Gasteiger partial charge in [-0.3, -0.25) is 9.58 Å². The van der Waals surface area contributed by atoms with Crippen molar-refractivity contribution in [2.24, 2.45) is 0 Å². The number of nitrogens with zero attached hydrogens (tertiary/aromatic N) is 3. The Morgan fingerprint density at radius 2 is 2.00 bits per heavy atom. The molecule has 1 aliphatic rings. The SMILES string of the molecule is COc1cccc(S(=O)(=O)CCN2CC(n3nc(C)cc3C)C2)c1. The molecule has 3 rings (SSSR count). The van der Waals surface area contributed by atoms with E-state index in [2.05, 4.69) is 23.0 Å². The van der Waals surface area contributed by atoms with Gasteiger partial charge in [-0.1, -0.05) is 6.07 Å².